The van der Waals surface area contributed by atoms with Gasteiger partial charge in [-0.2, -0.15) is 0 Å². The molecule has 0 fully saturated rings. The monoisotopic (exact) mass is 258 g/mol. The third kappa shape index (κ3) is 5.27. The van der Waals surface area contributed by atoms with Gasteiger partial charge in [-0.3, -0.25) is 14.5 Å². The van der Waals surface area contributed by atoms with E-state index in [1.807, 2.05) is 0 Å². The summed E-state index contributed by atoms with van der Waals surface area (Å²) in [7, 11) is 0. The Balaban J connectivity index is 4.85. The van der Waals surface area contributed by atoms with Crippen LogP contribution in [0.3, 0.4) is 0 Å². The summed E-state index contributed by atoms with van der Waals surface area (Å²) in [6, 6.07) is -0.841. The maximum absolute atomic E-state index is 11.8. The highest BCUT2D eigenvalue weighted by atomic mass is 16.5. The predicted octanol–water partition coefficient (Wildman–Crippen LogP) is 0.442. The molecule has 18 heavy (non-hydrogen) atoms. The number of ether oxygens (including phenoxy) is 1. The third-order valence-electron chi connectivity index (χ3n) is 2.48. The summed E-state index contributed by atoms with van der Waals surface area (Å²) in [5, 5.41) is 0. The first-order valence-corrected chi connectivity index (χ1v) is 6.12. The van der Waals surface area contributed by atoms with Gasteiger partial charge in [0.05, 0.1) is 6.61 Å². The lowest BCUT2D eigenvalue weighted by molar-refractivity contribution is -0.160. The molecule has 0 aromatic rings. The van der Waals surface area contributed by atoms with Crippen molar-refractivity contribution in [2.75, 3.05) is 13.2 Å². The van der Waals surface area contributed by atoms with Crippen LogP contribution in [-0.4, -0.2) is 41.9 Å². The van der Waals surface area contributed by atoms with E-state index in [-0.39, 0.29) is 6.61 Å². The summed E-state index contributed by atoms with van der Waals surface area (Å²) < 4.78 is 4.90. The first kappa shape index (κ1) is 16.6. The minimum Gasteiger partial charge on any atom is -0.464 e. The second-order valence-corrected chi connectivity index (χ2v) is 3.96. The van der Waals surface area contributed by atoms with E-state index in [1.165, 1.54) is 13.8 Å². The lowest BCUT2D eigenvalue weighted by Crippen LogP contribution is -2.47. The number of amides is 2. The quantitative estimate of drug-likeness (QED) is 0.528. The average molecular weight is 258 g/mol. The van der Waals surface area contributed by atoms with Gasteiger partial charge >= 0.3 is 5.97 Å². The fraction of sp³-hybridized carbons (Fsp3) is 0.750. The smallest absolute Gasteiger partial charge is 0.329 e. The number of hydrogen-bond donors (Lipinski definition) is 1. The third-order valence-corrected chi connectivity index (χ3v) is 2.48. The van der Waals surface area contributed by atoms with Crippen molar-refractivity contribution in [3.05, 3.63) is 0 Å². The fourth-order valence-corrected chi connectivity index (χ4v) is 1.73. The number of imide groups is 1. The molecule has 0 heterocycles. The number of esters is 1. The molecular weight excluding hydrogens is 236 g/mol. The summed E-state index contributed by atoms with van der Waals surface area (Å²) in [5.41, 5.74) is 5.38. The molecule has 104 valence electrons. The minimum atomic E-state index is -0.841. The van der Waals surface area contributed by atoms with Gasteiger partial charge in [0.15, 0.2) is 0 Å². The Morgan fingerprint density at radius 1 is 1.17 bits per heavy atom. The van der Waals surface area contributed by atoms with Gasteiger partial charge in [-0.25, -0.2) is 4.79 Å². The van der Waals surface area contributed by atoms with Gasteiger partial charge in [0.2, 0.25) is 11.8 Å². The van der Waals surface area contributed by atoms with E-state index in [4.69, 9.17) is 10.5 Å². The minimum absolute atomic E-state index is 0.218. The molecule has 0 rings (SSSR count). The summed E-state index contributed by atoms with van der Waals surface area (Å²) >= 11 is 0. The van der Waals surface area contributed by atoms with Crippen molar-refractivity contribution in [2.24, 2.45) is 5.73 Å². The van der Waals surface area contributed by atoms with Crippen LogP contribution < -0.4 is 5.73 Å². The van der Waals surface area contributed by atoms with Crippen LogP contribution in [0.2, 0.25) is 0 Å². The highest BCUT2D eigenvalue weighted by Gasteiger charge is 2.31. The molecule has 0 saturated heterocycles. The molecular formula is C12H22N2O4. The molecule has 1 atom stereocenters. The summed E-state index contributed by atoms with van der Waals surface area (Å²) in [6.45, 7) is 4.93. The molecule has 0 bridgehead atoms. The van der Waals surface area contributed by atoms with Crippen molar-refractivity contribution < 1.29 is 19.1 Å². The zero-order chi connectivity index (χ0) is 14.1. The van der Waals surface area contributed by atoms with Crippen LogP contribution in [-0.2, 0) is 19.1 Å². The van der Waals surface area contributed by atoms with E-state index in [9.17, 15) is 14.4 Å². The Hall–Kier alpha value is -1.43. The van der Waals surface area contributed by atoms with E-state index in [1.54, 1.807) is 6.92 Å². The van der Waals surface area contributed by atoms with E-state index in [0.29, 0.717) is 19.4 Å². The molecule has 0 aliphatic heterocycles. The Bertz CT molecular complexity index is 290. The molecule has 2 amide bonds. The Kier molecular flexibility index (Phi) is 7.94. The van der Waals surface area contributed by atoms with Crippen LogP contribution in [0.5, 0.6) is 0 Å². The van der Waals surface area contributed by atoms with Crippen LogP contribution in [0.25, 0.3) is 0 Å². The number of rotatable bonds is 7. The summed E-state index contributed by atoms with van der Waals surface area (Å²) in [6.07, 6.45) is 1.78. The highest BCUT2D eigenvalue weighted by Crippen LogP contribution is 2.12. The van der Waals surface area contributed by atoms with E-state index in [0.717, 1.165) is 11.3 Å². The van der Waals surface area contributed by atoms with Crippen LogP contribution in [0, 0.1) is 0 Å². The molecule has 0 aromatic carbocycles. The topological polar surface area (TPSA) is 89.7 Å². The van der Waals surface area contributed by atoms with E-state index < -0.39 is 23.8 Å². The SMILES string of the molecule is CCOC(=O)[C@H](CCCCN)N(C(C)=O)C(C)=O. The number of nitrogens with zero attached hydrogens (tertiary/aromatic N) is 1. The molecule has 0 aliphatic rings. The first-order chi connectivity index (χ1) is 8.45. The van der Waals surface area contributed by atoms with Gasteiger partial charge in [-0.15, -0.1) is 0 Å². The number of unbranched alkanes of at least 4 members (excludes halogenated alkanes) is 1. The zero-order valence-electron chi connectivity index (χ0n) is 11.3. The first-order valence-electron chi connectivity index (χ1n) is 6.12. The van der Waals surface area contributed by atoms with Crippen molar-refractivity contribution in [3.8, 4) is 0 Å². The predicted molar refractivity (Wildman–Crippen MR) is 66.5 cm³/mol. The van der Waals surface area contributed by atoms with Gasteiger partial charge in [0.25, 0.3) is 0 Å². The molecule has 0 saturated carbocycles. The van der Waals surface area contributed by atoms with Crippen molar-refractivity contribution in [1.29, 1.82) is 0 Å². The second-order valence-electron chi connectivity index (χ2n) is 3.96. The van der Waals surface area contributed by atoms with Crippen LogP contribution >= 0.6 is 0 Å². The van der Waals surface area contributed by atoms with E-state index in [2.05, 4.69) is 0 Å². The molecule has 2 N–H and O–H groups in total. The van der Waals surface area contributed by atoms with Crippen molar-refractivity contribution >= 4 is 17.8 Å². The molecule has 6 heteroatoms. The molecule has 0 aromatic heterocycles. The number of carbonyl (C=O) groups excluding carboxylic acids is 3. The number of hydrogen-bond acceptors (Lipinski definition) is 5. The standard InChI is InChI=1S/C12H22N2O4/c1-4-18-12(17)11(7-5-6-8-13)14(9(2)15)10(3)16/h11H,4-8,13H2,1-3H3/t11-/m0/s1. The maximum Gasteiger partial charge on any atom is 0.329 e. The Morgan fingerprint density at radius 3 is 2.11 bits per heavy atom. The number of nitrogens with two attached hydrogens (primary N) is 1. The van der Waals surface area contributed by atoms with Crippen LogP contribution in [0.15, 0.2) is 0 Å². The van der Waals surface area contributed by atoms with Gasteiger partial charge in [-0.05, 0) is 32.7 Å². The Labute approximate surface area is 107 Å². The molecule has 0 spiro atoms. The van der Waals surface area contributed by atoms with Crippen LogP contribution in [0.4, 0.5) is 0 Å². The van der Waals surface area contributed by atoms with Crippen molar-refractivity contribution in [2.45, 2.75) is 46.1 Å². The van der Waals surface area contributed by atoms with Gasteiger partial charge in [0.1, 0.15) is 6.04 Å². The highest BCUT2D eigenvalue weighted by molar-refractivity contribution is 5.97. The van der Waals surface area contributed by atoms with E-state index >= 15 is 0 Å². The second kappa shape index (κ2) is 8.63. The zero-order valence-corrected chi connectivity index (χ0v) is 11.3. The maximum atomic E-state index is 11.8. The van der Waals surface area contributed by atoms with Crippen molar-refractivity contribution in [3.63, 3.8) is 0 Å². The van der Waals surface area contributed by atoms with Crippen molar-refractivity contribution in [1.82, 2.24) is 4.90 Å². The van der Waals surface area contributed by atoms with Gasteiger partial charge < -0.3 is 10.5 Å². The summed E-state index contributed by atoms with van der Waals surface area (Å²) in [5.74, 6) is -1.44. The Morgan fingerprint density at radius 2 is 1.72 bits per heavy atom. The molecule has 0 unspecified atom stereocenters. The van der Waals surface area contributed by atoms with Gasteiger partial charge in [-0.1, -0.05) is 0 Å². The molecule has 0 radical (unpaired) electrons. The number of carbonyl (C=O) groups is 3. The molecule has 0 aliphatic carbocycles. The normalized spacial score (nSPS) is 11.8. The largest absolute Gasteiger partial charge is 0.464 e. The summed E-state index contributed by atoms with van der Waals surface area (Å²) in [4.78, 5) is 35.6. The van der Waals surface area contributed by atoms with Crippen LogP contribution in [0.1, 0.15) is 40.0 Å². The van der Waals surface area contributed by atoms with Gasteiger partial charge in [0, 0.05) is 13.8 Å². The fourth-order valence-electron chi connectivity index (χ4n) is 1.73. The lowest BCUT2D eigenvalue weighted by atomic mass is 10.1. The lowest BCUT2D eigenvalue weighted by Gasteiger charge is -2.26. The average Bonchev–Trinajstić information content (AvgIpc) is 2.27. The molecule has 6 nitrogen and oxygen atoms in total.